The molecule has 0 aromatic heterocycles. The first-order valence-electron chi connectivity index (χ1n) is 7.30. The molecule has 1 spiro atoms. The van der Waals surface area contributed by atoms with Crippen molar-refractivity contribution in [2.75, 3.05) is 23.9 Å². The van der Waals surface area contributed by atoms with Gasteiger partial charge in [0.1, 0.15) is 5.78 Å². The highest BCUT2D eigenvalue weighted by atomic mass is 79.9. The third-order valence-electron chi connectivity index (χ3n) is 4.21. The average molecular weight is 387 g/mol. The Hall–Kier alpha value is 0.0300. The molecule has 2 fully saturated rings. The van der Waals surface area contributed by atoms with Crippen LogP contribution in [0.4, 0.5) is 0 Å². The first-order valence-corrected chi connectivity index (χ1v) is 10.2. The van der Waals surface area contributed by atoms with E-state index in [0.717, 1.165) is 41.0 Å². The quantitative estimate of drug-likeness (QED) is 0.715. The summed E-state index contributed by atoms with van der Waals surface area (Å²) in [6, 6.07) is 8.15. The molecule has 1 aromatic carbocycles. The van der Waals surface area contributed by atoms with Gasteiger partial charge in [-0.2, -0.15) is 11.8 Å². The number of carbonyl (C=O) groups is 1. The smallest absolute Gasteiger partial charge is 0.146 e. The monoisotopic (exact) mass is 386 g/mol. The van der Waals surface area contributed by atoms with Gasteiger partial charge in [0.2, 0.25) is 0 Å². The summed E-state index contributed by atoms with van der Waals surface area (Å²) in [5.41, 5.74) is 0.00548. The number of thioether (sulfide) groups is 2. The molecule has 2 atom stereocenters. The summed E-state index contributed by atoms with van der Waals surface area (Å²) in [5.74, 6) is 3.41. The number of Topliss-reactive ketones (excluding diaryl/α,β-unsaturated/α-hetero) is 1. The molecule has 5 heteroatoms. The van der Waals surface area contributed by atoms with Crippen LogP contribution in [0.25, 0.3) is 0 Å². The van der Waals surface area contributed by atoms with Gasteiger partial charge in [-0.3, -0.25) is 4.79 Å². The van der Waals surface area contributed by atoms with Gasteiger partial charge in [0.25, 0.3) is 0 Å². The molecule has 2 unspecified atom stereocenters. The van der Waals surface area contributed by atoms with Crippen LogP contribution in [0.2, 0.25) is 0 Å². The normalized spacial score (nSPS) is 28.9. The zero-order valence-corrected chi connectivity index (χ0v) is 15.1. The Morgan fingerprint density at radius 2 is 2.24 bits per heavy atom. The number of rotatable bonds is 4. The van der Waals surface area contributed by atoms with Crippen LogP contribution < -0.4 is 0 Å². The maximum atomic E-state index is 12.5. The lowest BCUT2D eigenvalue weighted by Crippen LogP contribution is -2.42. The molecule has 1 aromatic rings. The SMILES string of the molecule is O=C(CSc1ccc(Br)cc1)C1CCOC2(CCSC2)C1. The largest absolute Gasteiger partial charge is 0.374 e. The van der Waals surface area contributed by atoms with Gasteiger partial charge in [-0.1, -0.05) is 15.9 Å². The number of halogens is 1. The van der Waals surface area contributed by atoms with Crippen LogP contribution in [0.15, 0.2) is 33.6 Å². The molecule has 0 amide bonds. The zero-order valence-electron chi connectivity index (χ0n) is 11.8. The molecule has 0 saturated carbocycles. The van der Waals surface area contributed by atoms with E-state index >= 15 is 0 Å². The predicted molar refractivity (Wildman–Crippen MR) is 93.2 cm³/mol. The van der Waals surface area contributed by atoms with Crippen molar-refractivity contribution in [1.82, 2.24) is 0 Å². The first kappa shape index (κ1) is 15.9. The second kappa shape index (κ2) is 7.07. The Kier molecular flexibility index (Phi) is 5.36. The van der Waals surface area contributed by atoms with Crippen LogP contribution in [-0.4, -0.2) is 35.2 Å². The lowest BCUT2D eigenvalue weighted by molar-refractivity contribution is -0.131. The summed E-state index contributed by atoms with van der Waals surface area (Å²) in [7, 11) is 0. The Balaban J connectivity index is 1.54. The van der Waals surface area contributed by atoms with Crippen molar-refractivity contribution in [2.45, 2.75) is 29.8 Å². The third kappa shape index (κ3) is 4.06. The van der Waals surface area contributed by atoms with Crippen LogP contribution in [0.1, 0.15) is 19.3 Å². The molecule has 2 nitrogen and oxygen atoms in total. The molecule has 0 radical (unpaired) electrons. The predicted octanol–water partition coefficient (Wildman–Crippen LogP) is 4.41. The molecule has 0 N–H and O–H groups in total. The summed E-state index contributed by atoms with van der Waals surface area (Å²) in [5, 5.41) is 0. The highest BCUT2D eigenvalue weighted by Gasteiger charge is 2.42. The van der Waals surface area contributed by atoms with E-state index in [1.165, 1.54) is 5.75 Å². The minimum Gasteiger partial charge on any atom is -0.374 e. The fourth-order valence-corrected chi connectivity index (χ4v) is 5.48. The van der Waals surface area contributed by atoms with Crippen LogP contribution in [0, 0.1) is 5.92 Å². The van der Waals surface area contributed by atoms with E-state index in [4.69, 9.17) is 4.74 Å². The summed E-state index contributed by atoms with van der Waals surface area (Å²) < 4.78 is 7.07. The lowest BCUT2D eigenvalue weighted by atomic mass is 9.83. The molecule has 2 aliphatic heterocycles. The van der Waals surface area contributed by atoms with Gasteiger partial charge >= 0.3 is 0 Å². The maximum Gasteiger partial charge on any atom is 0.146 e. The summed E-state index contributed by atoms with van der Waals surface area (Å²) in [6.45, 7) is 0.750. The van der Waals surface area contributed by atoms with Crippen molar-refractivity contribution in [1.29, 1.82) is 0 Å². The number of carbonyl (C=O) groups excluding carboxylic acids is 1. The van der Waals surface area contributed by atoms with Gasteiger partial charge in [0.05, 0.1) is 11.4 Å². The van der Waals surface area contributed by atoms with E-state index < -0.39 is 0 Å². The first-order chi connectivity index (χ1) is 10.2. The number of hydrogen-bond donors (Lipinski definition) is 0. The Morgan fingerprint density at radius 3 is 2.95 bits per heavy atom. The summed E-state index contributed by atoms with van der Waals surface area (Å²) in [6.07, 6.45) is 2.94. The Bertz CT molecular complexity index is 498. The Labute approximate surface area is 142 Å². The van der Waals surface area contributed by atoms with Gasteiger partial charge < -0.3 is 4.74 Å². The molecule has 0 bridgehead atoms. The van der Waals surface area contributed by atoms with Crippen LogP contribution >= 0.6 is 39.5 Å². The van der Waals surface area contributed by atoms with Crippen molar-refractivity contribution >= 4 is 45.2 Å². The van der Waals surface area contributed by atoms with Gasteiger partial charge in [-0.05, 0) is 49.3 Å². The van der Waals surface area contributed by atoms with Crippen LogP contribution in [0.5, 0.6) is 0 Å². The zero-order chi connectivity index (χ0) is 14.7. The van der Waals surface area contributed by atoms with E-state index in [9.17, 15) is 4.79 Å². The number of ketones is 1. The molecule has 114 valence electrons. The summed E-state index contributed by atoms with van der Waals surface area (Å²) in [4.78, 5) is 13.6. The van der Waals surface area contributed by atoms with Crippen LogP contribution in [-0.2, 0) is 9.53 Å². The van der Waals surface area contributed by atoms with Crippen molar-refractivity contribution < 1.29 is 9.53 Å². The van der Waals surface area contributed by atoms with E-state index in [-0.39, 0.29) is 11.5 Å². The molecule has 3 rings (SSSR count). The molecular formula is C16H19BrO2S2. The topological polar surface area (TPSA) is 26.3 Å². The maximum absolute atomic E-state index is 12.5. The molecule has 2 heterocycles. The van der Waals surface area contributed by atoms with E-state index in [2.05, 4.69) is 28.1 Å². The molecule has 21 heavy (non-hydrogen) atoms. The number of hydrogen-bond acceptors (Lipinski definition) is 4. The van der Waals surface area contributed by atoms with E-state index in [1.807, 2.05) is 23.9 Å². The summed E-state index contributed by atoms with van der Waals surface area (Å²) >= 11 is 7.03. The second-order valence-electron chi connectivity index (χ2n) is 5.73. The minimum absolute atomic E-state index is 0.00548. The van der Waals surface area contributed by atoms with Crippen molar-refractivity contribution in [3.63, 3.8) is 0 Å². The minimum atomic E-state index is 0.00548. The van der Waals surface area contributed by atoms with Gasteiger partial charge in [-0.25, -0.2) is 0 Å². The number of benzene rings is 1. The second-order valence-corrected chi connectivity index (χ2v) is 8.80. The van der Waals surface area contributed by atoms with Crippen molar-refractivity contribution in [3.8, 4) is 0 Å². The highest BCUT2D eigenvalue weighted by molar-refractivity contribution is 9.10. The van der Waals surface area contributed by atoms with Crippen molar-refractivity contribution in [3.05, 3.63) is 28.7 Å². The van der Waals surface area contributed by atoms with E-state index in [0.29, 0.717) is 11.5 Å². The molecule has 2 aliphatic rings. The number of ether oxygens (including phenoxy) is 1. The standard InChI is InChI=1S/C16H19BrO2S2/c17-13-1-3-14(4-2-13)21-10-15(18)12-5-7-19-16(9-12)6-8-20-11-16/h1-4,12H,5-11H2. The van der Waals surface area contributed by atoms with E-state index in [1.54, 1.807) is 11.8 Å². The van der Waals surface area contributed by atoms with Crippen molar-refractivity contribution in [2.24, 2.45) is 5.92 Å². The van der Waals surface area contributed by atoms with Gasteiger partial charge in [0.15, 0.2) is 0 Å². The van der Waals surface area contributed by atoms with Gasteiger partial charge in [0, 0.05) is 27.6 Å². The lowest BCUT2D eigenvalue weighted by Gasteiger charge is -2.37. The fourth-order valence-electron chi connectivity index (χ4n) is 2.97. The molecule has 2 saturated heterocycles. The van der Waals surface area contributed by atoms with Crippen LogP contribution in [0.3, 0.4) is 0 Å². The average Bonchev–Trinajstić information content (AvgIpc) is 2.94. The molecular weight excluding hydrogens is 368 g/mol. The third-order valence-corrected chi connectivity index (χ3v) is 7.00. The van der Waals surface area contributed by atoms with Gasteiger partial charge in [-0.15, -0.1) is 11.8 Å². The highest BCUT2D eigenvalue weighted by Crippen LogP contribution is 2.41. The fraction of sp³-hybridized carbons (Fsp3) is 0.562. The molecule has 0 aliphatic carbocycles. The Morgan fingerprint density at radius 1 is 1.43 bits per heavy atom.